The predicted octanol–water partition coefficient (Wildman–Crippen LogP) is 4.74. The summed E-state index contributed by atoms with van der Waals surface area (Å²) in [5, 5.41) is 0. The van der Waals surface area contributed by atoms with Crippen LogP contribution in [0, 0.1) is 62.2 Å². The maximum atomic E-state index is 2.21. The molecule has 3 heteroatoms. The Labute approximate surface area is 123 Å². The van der Waals surface area contributed by atoms with E-state index in [0.29, 0.717) is 0 Å². The van der Waals surface area contributed by atoms with Crippen molar-refractivity contribution in [2.45, 2.75) is 62.8 Å². The molecular weight excluding hydrogens is 831 g/mol. The Morgan fingerprint density at radius 2 is 0.833 bits per heavy atom. The van der Waals surface area contributed by atoms with Gasteiger partial charge in [-0.3, -0.25) is 0 Å². The monoisotopic (exact) mass is 855 g/mol. The standard InChI is InChI=1S/C5H12.4CH4.Cm.2U/c1-3-5-4-2;;;;;;;/h3-5H2,1-2H3;4*1H4;;;. The Balaban J connectivity index is -0.00000000381. The number of hydrogen-bond donors (Lipinski definition) is 0. The van der Waals surface area contributed by atoms with Gasteiger partial charge in [-0.15, -0.1) is 0 Å². The minimum Gasteiger partial charge on any atom is -0.0776 e. The van der Waals surface area contributed by atoms with E-state index in [1.165, 1.54) is 19.3 Å². The Bertz CT molecular complexity index is 20.0. The minimum absolute atomic E-state index is 0. The smallest absolute Gasteiger partial charge is 0 e. The van der Waals surface area contributed by atoms with E-state index in [-0.39, 0.29) is 91.9 Å². The molecule has 0 nitrogen and oxygen atoms in total. The van der Waals surface area contributed by atoms with E-state index in [1.54, 1.807) is 0 Å². The molecule has 0 saturated carbocycles. The van der Waals surface area contributed by atoms with Gasteiger partial charge in [0.1, 0.15) is 0 Å². The molecule has 0 aliphatic rings. The Morgan fingerprint density at radius 3 is 0.833 bits per heavy atom. The maximum Gasteiger partial charge on any atom is 0 e. The Hall–Kier alpha value is 1.10. The Kier molecular flexibility index (Phi) is 544. The van der Waals surface area contributed by atoms with Gasteiger partial charge >= 0.3 is 0 Å². The predicted molar refractivity (Wildman–Crippen MR) is 52.1 cm³/mol. The van der Waals surface area contributed by atoms with Crippen molar-refractivity contribution < 1.29 is 62.2 Å². The van der Waals surface area contributed by atoms with E-state index >= 15 is 0 Å². The van der Waals surface area contributed by atoms with Crippen molar-refractivity contribution in [2.75, 3.05) is 0 Å². The van der Waals surface area contributed by atoms with E-state index in [2.05, 4.69) is 13.8 Å². The first-order chi connectivity index (χ1) is 2.41. The van der Waals surface area contributed by atoms with E-state index in [4.69, 9.17) is 0 Å². The number of rotatable bonds is 2. The van der Waals surface area contributed by atoms with Crippen LogP contribution in [-0.4, -0.2) is 0 Å². The molecule has 0 heterocycles. The summed E-state index contributed by atoms with van der Waals surface area (Å²) in [6.07, 6.45) is 4.08. The van der Waals surface area contributed by atoms with Crippen LogP contribution in [0.3, 0.4) is 0 Å². The molecule has 0 bridgehead atoms. The number of hydrogen-bond acceptors (Lipinski definition) is 0. The Morgan fingerprint density at radius 1 is 0.667 bits per heavy atom. The topological polar surface area (TPSA) is 0 Å². The van der Waals surface area contributed by atoms with E-state index in [9.17, 15) is 0 Å². The molecule has 0 radical (unpaired) electrons. The molecular formula is C9H28CmU2. The van der Waals surface area contributed by atoms with Gasteiger partial charge in [-0.1, -0.05) is 62.8 Å². The maximum absolute atomic E-state index is 2.21. The van der Waals surface area contributed by atoms with Gasteiger partial charge in [-0.05, 0) is 0 Å². The van der Waals surface area contributed by atoms with Crippen molar-refractivity contribution in [1.82, 2.24) is 0 Å². The largest absolute Gasteiger partial charge is 0.0776 e. The van der Waals surface area contributed by atoms with Gasteiger partial charge in [0.2, 0.25) is 0 Å². The van der Waals surface area contributed by atoms with Gasteiger partial charge in [0.05, 0.1) is 0 Å². The summed E-state index contributed by atoms with van der Waals surface area (Å²) in [5.74, 6) is 0. The average Bonchev–Trinajstić information content (AvgIpc) is 1.41. The summed E-state index contributed by atoms with van der Waals surface area (Å²) in [4.78, 5) is 0. The van der Waals surface area contributed by atoms with Crippen LogP contribution in [0.15, 0.2) is 0 Å². The van der Waals surface area contributed by atoms with Crippen molar-refractivity contribution >= 4 is 0 Å². The SMILES string of the molecule is C.C.C.C.CCCCC.[Cm].[U].[U]. The van der Waals surface area contributed by atoms with Gasteiger partial charge in [0.15, 0.2) is 0 Å². The molecule has 0 spiro atoms. The fourth-order valence-corrected chi connectivity index (χ4v) is 0.354. The summed E-state index contributed by atoms with van der Waals surface area (Å²) in [6, 6.07) is 0. The summed E-state index contributed by atoms with van der Waals surface area (Å²) in [6.45, 7) is 4.42. The van der Waals surface area contributed by atoms with Gasteiger partial charge < -0.3 is 0 Å². The van der Waals surface area contributed by atoms with Crippen molar-refractivity contribution in [3.05, 3.63) is 0 Å². The first-order valence-corrected chi connectivity index (χ1v) is 2.41. The van der Waals surface area contributed by atoms with Gasteiger partial charge in [0.25, 0.3) is 0 Å². The van der Waals surface area contributed by atoms with Crippen LogP contribution >= 0.6 is 0 Å². The molecule has 0 fully saturated rings. The minimum atomic E-state index is 0. The van der Waals surface area contributed by atoms with Crippen LogP contribution in [0.4, 0.5) is 0 Å². The third kappa shape index (κ3) is 118. The second kappa shape index (κ2) is 88.6. The first kappa shape index (κ1) is 73.7. The van der Waals surface area contributed by atoms with Crippen LogP contribution in [0.25, 0.3) is 0 Å². The van der Waals surface area contributed by atoms with Crippen molar-refractivity contribution in [3.63, 3.8) is 0 Å². The van der Waals surface area contributed by atoms with Gasteiger partial charge in [-0.2, -0.15) is 0 Å². The molecule has 0 saturated heterocycles. The fourth-order valence-electron chi connectivity index (χ4n) is 0.354. The van der Waals surface area contributed by atoms with Gasteiger partial charge in [0, 0.05) is 62.2 Å². The zero-order chi connectivity index (χ0) is 4.12. The quantitative estimate of drug-likeness (QED) is 0.377. The van der Waals surface area contributed by atoms with Gasteiger partial charge in [-0.25, -0.2) is 0 Å². The first-order valence-electron chi connectivity index (χ1n) is 2.41. The molecule has 0 aliphatic heterocycles. The van der Waals surface area contributed by atoms with Crippen LogP contribution in [0.1, 0.15) is 62.8 Å². The summed E-state index contributed by atoms with van der Waals surface area (Å²) in [7, 11) is 0. The van der Waals surface area contributed by atoms with Crippen LogP contribution in [-0.2, 0) is 0 Å². The second-order valence-electron chi connectivity index (χ2n) is 1.35. The molecule has 0 rings (SSSR count). The second-order valence-corrected chi connectivity index (χ2v) is 1.35. The fraction of sp³-hybridized carbons (Fsp3) is 1.00. The van der Waals surface area contributed by atoms with E-state index in [1.807, 2.05) is 0 Å². The third-order valence-electron chi connectivity index (χ3n) is 0.707. The average molecular weight is 859 g/mol. The molecule has 0 unspecified atom stereocenters. The van der Waals surface area contributed by atoms with E-state index < -0.39 is 0 Å². The number of unbranched alkanes of at least 4 members (excludes halogenated alkanes) is 2. The normalized spacial score (nSPS) is 3.50. The van der Waals surface area contributed by atoms with Crippen molar-refractivity contribution in [2.24, 2.45) is 0 Å². The molecule has 12 heavy (non-hydrogen) atoms. The molecule has 0 aliphatic carbocycles. The third-order valence-corrected chi connectivity index (χ3v) is 0.707. The summed E-state index contributed by atoms with van der Waals surface area (Å²) < 4.78 is 0. The molecule has 0 aromatic heterocycles. The molecule has 80 valence electrons. The summed E-state index contributed by atoms with van der Waals surface area (Å²) in [5.41, 5.74) is 0. The van der Waals surface area contributed by atoms with E-state index in [0.717, 1.165) is 0 Å². The van der Waals surface area contributed by atoms with Crippen LogP contribution in [0.5, 0.6) is 0 Å². The van der Waals surface area contributed by atoms with Crippen LogP contribution in [0.2, 0.25) is 0 Å². The molecule has 0 amide bonds. The van der Waals surface area contributed by atoms with Crippen LogP contribution < -0.4 is 0 Å². The molecule has 0 N–H and O–H groups in total. The van der Waals surface area contributed by atoms with Crippen molar-refractivity contribution in [1.29, 1.82) is 0 Å². The molecule has 0 aromatic carbocycles. The van der Waals surface area contributed by atoms with Crippen molar-refractivity contribution in [3.8, 4) is 0 Å². The summed E-state index contributed by atoms with van der Waals surface area (Å²) >= 11 is 0. The molecule has 0 aromatic rings. The molecule has 0 atom stereocenters. The zero-order valence-corrected chi connectivity index (χ0v) is 16.7. The zero-order valence-electron chi connectivity index (χ0n) is 5.47.